The lowest BCUT2D eigenvalue weighted by Gasteiger charge is -2.30. The zero-order valence-corrected chi connectivity index (χ0v) is 15.8. The third-order valence-corrected chi connectivity index (χ3v) is 10.8. The molecule has 0 aliphatic carbocycles. The van der Waals surface area contributed by atoms with Crippen LogP contribution in [0, 0.1) is 0 Å². The van der Waals surface area contributed by atoms with Crippen molar-refractivity contribution in [1.29, 1.82) is 0 Å². The first kappa shape index (κ1) is 19.5. The Labute approximate surface area is 137 Å². The number of rotatable bonds is 9. The van der Waals surface area contributed by atoms with Crippen LogP contribution in [0.4, 0.5) is 5.69 Å². The molecule has 0 bridgehead atoms. The molecule has 0 saturated heterocycles. The highest BCUT2D eigenvalue weighted by Crippen LogP contribution is 2.63. The second-order valence-corrected chi connectivity index (χ2v) is 11.3. The van der Waals surface area contributed by atoms with Crippen molar-refractivity contribution in [3.63, 3.8) is 0 Å². The van der Waals surface area contributed by atoms with Gasteiger partial charge in [-0.3, -0.25) is 8.87 Å². The summed E-state index contributed by atoms with van der Waals surface area (Å²) in [4.78, 5) is 0. The second kappa shape index (κ2) is 8.36. The molecule has 1 aromatic rings. The molecule has 0 aliphatic heterocycles. The molecule has 0 saturated carbocycles. The summed E-state index contributed by atoms with van der Waals surface area (Å²) in [7, 11) is -1.21. The SMILES string of the molecule is CCCSP(=O)(OCC)N(C)S(=O)(=O)N(C)c1ccccc1. The van der Waals surface area contributed by atoms with E-state index < -0.39 is 16.9 Å². The number of benzene rings is 1. The Hall–Kier alpha value is -0.530. The first-order chi connectivity index (χ1) is 10.3. The number of nitrogens with zero attached hydrogens (tertiary/aromatic N) is 2. The molecule has 22 heavy (non-hydrogen) atoms. The van der Waals surface area contributed by atoms with Crippen LogP contribution in [0.2, 0.25) is 0 Å². The third kappa shape index (κ3) is 4.49. The van der Waals surface area contributed by atoms with E-state index in [-0.39, 0.29) is 6.61 Å². The summed E-state index contributed by atoms with van der Waals surface area (Å²) in [5, 5.41) is 0. The van der Waals surface area contributed by atoms with Crippen LogP contribution in [0.3, 0.4) is 0 Å². The van der Waals surface area contributed by atoms with Crippen molar-refractivity contribution in [2.45, 2.75) is 20.3 Å². The fourth-order valence-corrected chi connectivity index (χ4v) is 8.46. The summed E-state index contributed by atoms with van der Waals surface area (Å²) in [5.41, 5.74) is 0.498. The zero-order chi connectivity index (χ0) is 16.8. The van der Waals surface area contributed by atoms with Crippen molar-refractivity contribution in [2.24, 2.45) is 0 Å². The molecule has 9 heteroatoms. The van der Waals surface area contributed by atoms with E-state index in [1.54, 1.807) is 37.3 Å². The molecule has 1 aromatic carbocycles. The third-order valence-electron chi connectivity index (χ3n) is 2.90. The molecule has 126 valence electrons. The van der Waals surface area contributed by atoms with Crippen LogP contribution in [0.1, 0.15) is 20.3 Å². The first-order valence-electron chi connectivity index (χ1n) is 6.97. The molecule has 0 aliphatic rings. The lowest BCUT2D eigenvalue weighted by Crippen LogP contribution is -2.37. The lowest BCUT2D eigenvalue weighted by molar-refractivity contribution is 0.324. The molecule has 1 rings (SSSR count). The summed E-state index contributed by atoms with van der Waals surface area (Å²) >= 11 is 1.05. The molecule has 6 nitrogen and oxygen atoms in total. The van der Waals surface area contributed by atoms with Crippen LogP contribution in [-0.4, -0.2) is 38.9 Å². The number of anilines is 1. The zero-order valence-electron chi connectivity index (χ0n) is 13.3. The first-order valence-corrected chi connectivity index (χ1v) is 11.5. The monoisotopic (exact) mass is 366 g/mol. The Kier molecular flexibility index (Phi) is 7.41. The average molecular weight is 366 g/mol. The molecule has 0 heterocycles. The summed E-state index contributed by atoms with van der Waals surface area (Å²) in [6.45, 7) is 0.314. The molecule has 0 radical (unpaired) electrons. The molecular weight excluding hydrogens is 343 g/mol. The van der Waals surface area contributed by atoms with Crippen LogP contribution in [0.5, 0.6) is 0 Å². The predicted molar refractivity (Wildman–Crippen MR) is 93.5 cm³/mol. The molecule has 0 fully saturated rings. The Bertz CT molecular complexity index is 610. The summed E-state index contributed by atoms with van der Waals surface area (Å²) in [6.07, 6.45) is 0.782. The Morgan fingerprint density at radius 1 is 1.18 bits per heavy atom. The molecule has 0 aromatic heterocycles. The van der Waals surface area contributed by atoms with Gasteiger partial charge in [-0.05, 0) is 25.5 Å². The lowest BCUT2D eigenvalue weighted by atomic mass is 10.3. The van der Waals surface area contributed by atoms with Gasteiger partial charge in [-0.25, -0.2) is 0 Å². The van der Waals surface area contributed by atoms with E-state index in [0.29, 0.717) is 11.4 Å². The van der Waals surface area contributed by atoms with E-state index in [0.717, 1.165) is 26.2 Å². The Balaban J connectivity index is 3.10. The largest absolute Gasteiger partial charge is 0.343 e. The maximum absolute atomic E-state index is 12.9. The molecule has 1 unspecified atom stereocenters. The second-order valence-electron chi connectivity index (χ2n) is 4.46. The van der Waals surface area contributed by atoms with Crippen molar-refractivity contribution in [3.05, 3.63) is 30.3 Å². The van der Waals surface area contributed by atoms with Gasteiger partial charge in [0.15, 0.2) is 0 Å². The van der Waals surface area contributed by atoms with Crippen LogP contribution < -0.4 is 4.31 Å². The quantitative estimate of drug-likeness (QED) is 0.625. The number of hydrogen-bond acceptors (Lipinski definition) is 5. The number of hydrogen-bond donors (Lipinski definition) is 0. The smallest absolute Gasteiger partial charge is 0.309 e. The van der Waals surface area contributed by atoms with Gasteiger partial charge in [0, 0.05) is 19.8 Å². The van der Waals surface area contributed by atoms with E-state index in [1.807, 2.05) is 6.92 Å². The standard InChI is InChI=1S/C13H23N2O4PS2/c1-5-12-21-20(16,19-6-2)15(4)22(17,18)14(3)13-10-8-7-9-11-13/h7-11H,5-6,12H2,1-4H3. The molecule has 1 atom stereocenters. The maximum atomic E-state index is 12.9. The highest BCUT2D eigenvalue weighted by Gasteiger charge is 2.40. The van der Waals surface area contributed by atoms with Crippen LogP contribution in [0.15, 0.2) is 30.3 Å². The van der Waals surface area contributed by atoms with Crippen LogP contribution >= 0.6 is 18.1 Å². The molecule has 0 amide bonds. The predicted octanol–water partition coefficient (Wildman–Crippen LogP) is 3.59. The van der Waals surface area contributed by atoms with Crippen molar-refractivity contribution in [2.75, 3.05) is 30.8 Å². The summed E-state index contributed by atoms with van der Waals surface area (Å²) in [5.74, 6) is 0.562. The van der Waals surface area contributed by atoms with Gasteiger partial charge in [0.25, 0.3) is 0 Å². The van der Waals surface area contributed by atoms with Crippen molar-refractivity contribution in [1.82, 2.24) is 4.08 Å². The van der Waals surface area contributed by atoms with Crippen molar-refractivity contribution < 1.29 is 17.5 Å². The van der Waals surface area contributed by atoms with Gasteiger partial charge >= 0.3 is 16.9 Å². The molecule has 0 spiro atoms. The summed E-state index contributed by atoms with van der Waals surface area (Å²) in [6, 6.07) is 8.65. The minimum atomic E-state index is -3.94. The van der Waals surface area contributed by atoms with E-state index in [1.165, 1.54) is 14.1 Å². The minimum Gasteiger partial charge on any atom is -0.309 e. The van der Waals surface area contributed by atoms with Gasteiger partial charge in [0.2, 0.25) is 0 Å². The van der Waals surface area contributed by atoms with E-state index in [2.05, 4.69) is 0 Å². The van der Waals surface area contributed by atoms with Gasteiger partial charge in [-0.15, -0.1) is 4.08 Å². The Morgan fingerprint density at radius 2 is 1.77 bits per heavy atom. The fraction of sp³-hybridized carbons (Fsp3) is 0.538. The Morgan fingerprint density at radius 3 is 2.27 bits per heavy atom. The van der Waals surface area contributed by atoms with Crippen molar-refractivity contribution >= 4 is 34.0 Å². The van der Waals surface area contributed by atoms with Crippen molar-refractivity contribution in [3.8, 4) is 0 Å². The highest BCUT2D eigenvalue weighted by atomic mass is 32.7. The normalized spacial score (nSPS) is 14.8. The maximum Gasteiger partial charge on any atom is 0.343 e. The van der Waals surface area contributed by atoms with E-state index in [4.69, 9.17) is 4.52 Å². The molecular formula is C13H23N2O4PS2. The highest BCUT2D eigenvalue weighted by molar-refractivity contribution is 8.56. The summed E-state index contributed by atoms with van der Waals surface area (Å²) < 4.78 is 45.6. The average Bonchev–Trinajstić information content (AvgIpc) is 2.52. The van der Waals surface area contributed by atoms with Gasteiger partial charge in [-0.2, -0.15) is 8.42 Å². The van der Waals surface area contributed by atoms with E-state index in [9.17, 15) is 13.0 Å². The number of para-hydroxylation sites is 1. The van der Waals surface area contributed by atoms with E-state index >= 15 is 0 Å². The fourth-order valence-electron chi connectivity index (χ4n) is 1.64. The van der Waals surface area contributed by atoms with Crippen LogP contribution in [-0.2, 0) is 19.3 Å². The minimum absolute atomic E-state index is 0.183. The topological polar surface area (TPSA) is 66.9 Å². The van der Waals surface area contributed by atoms with Gasteiger partial charge in [0.05, 0.1) is 12.3 Å². The van der Waals surface area contributed by atoms with Crippen LogP contribution in [0.25, 0.3) is 0 Å². The molecule has 0 N–H and O–H groups in total. The van der Waals surface area contributed by atoms with Gasteiger partial charge in [-0.1, -0.05) is 36.5 Å². The van der Waals surface area contributed by atoms with Gasteiger partial charge < -0.3 is 4.52 Å². The van der Waals surface area contributed by atoms with Gasteiger partial charge in [0.1, 0.15) is 0 Å².